The molecular formula is C14H14Cl2N2S. The molecule has 0 saturated heterocycles. The summed E-state index contributed by atoms with van der Waals surface area (Å²) < 4.78 is 0. The van der Waals surface area contributed by atoms with E-state index < -0.39 is 0 Å². The standard InChI is InChI=1S/C14H14Cl2N2S/c15-11-4-5-13(16)14(9-11)19-8-7-17-10-12-3-1-2-6-18-12/h1-6,9,17H,7-8,10H2. The Hall–Kier alpha value is -0.740. The van der Waals surface area contributed by atoms with Crippen LogP contribution in [0.1, 0.15) is 5.69 Å². The molecule has 1 aromatic heterocycles. The maximum absolute atomic E-state index is 6.10. The molecule has 19 heavy (non-hydrogen) atoms. The lowest BCUT2D eigenvalue weighted by atomic mass is 10.3. The van der Waals surface area contributed by atoms with Gasteiger partial charge in [-0.05, 0) is 30.3 Å². The quantitative estimate of drug-likeness (QED) is 0.637. The molecule has 2 nitrogen and oxygen atoms in total. The van der Waals surface area contributed by atoms with Gasteiger partial charge in [-0.15, -0.1) is 11.8 Å². The zero-order valence-corrected chi connectivity index (χ0v) is 12.6. The van der Waals surface area contributed by atoms with Crippen LogP contribution < -0.4 is 5.32 Å². The number of nitrogens with zero attached hydrogens (tertiary/aromatic N) is 1. The molecule has 1 aromatic carbocycles. The zero-order valence-electron chi connectivity index (χ0n) is 10.3. The molecule has 2 rings (SSSR count). The van der Waals surface area contributed by atoms with Gasteiger partial charge >= 0.3 is 0 Å². The average molecular weight is 313 g/mol. The Labute approximate surface area is 127 Å². The number of aromatic nitrogens is 1. The number of hydrogen-bond donors (Lipinski definition) is 1. The third kappa shape index (κ3) is 5.03. The molecular weight excluding hydrogens is 299 g/mol. The van der Waals surface area contributed by atoms with E-state index in [1.165, 1.54) is 0 Å². The number of halogens is 2. The molecule has 0 saturated carbocycles. The van der Waals surface area contributed by atoms with Gasteiger partial charge in [0.2, 0.25) is 0 Å². The summed E-state index contributed by atoms with van der Waals surface area (Å²) in [5.74, 6) is 0.937. The molecule has 0 amide bonds. The van der Waals surface area contributed by atoms with E-state index in [0.29, 0.717) is 5.02 Å². The minimum Gasteiger partial charge on any atom is -0.310 e. The Morgan fingerprint density at radius 3 is 2.84 bits per heavy atom. The summed E-state index contributed by atoms with van der Waals surface area (Å²) in [4.78, 5) is 5.27. The Morgan fingerprint density at radius 2 is 2.05 bits per heavy atom. The van der Waals surface area contributed by atoms with Gasteiger partial charge in [0.05, 0.1) is 10.7 Å². The van der Waals surface area contributed by atoms with Crippen LogP contribution in [0.3, 0.4) is 0 Å². The summed E-state index contributed by atoms with van der Waals surface area (Å²) in [5, 5.41) is 4.81. The fourth-order valence-corrected chi connectivity index (χ4v) is 2.94. The number of nitrogens with one attached hydrogen (secondary N) is 1. The number of hydrogen-bond acceptors (Lipinski definition) is 3. The molecule has 100 valence electrons. The van der Waals surface area contributed by atoms with Gasteiger partial charge < -0.3 is 5.32 Å². The molecule has 0 aliphatic carbocycles. The van der Waals surface area contributed by atoms with Crippen molar-refractivity contribution in [1.29, 1.82) is 0 Å². The Morgan fingerprint density at radius 1 is 1.16 bits per heavy atom. The second-order valence-corrected chi connectivity index (χ2v) is 5.90. The summed E-state index contributed by atoms with van der Waals surface area (Å²) in [7, 11) is 0. The van der Waals surface area contributed by atoms with Crippen LogP contribution in [0.4, 0.5) is 0 Å². The van der Waals surface area contributed by atoms with Crippen molar-refractivity contribution in [3.8, 4) is 0 Å². The molecule has 0 bridgehead atoms. The van der Waals surface area contributed by atoms with Crippen molar-refractivity contribution in [3.05, 3.63) is 58.3 Å². The van der Waals surface area contributed by atoms with Crippen molar-refractivity contribution in [2.24, 2.45) is 0 Å². The molecule has 1 N–H and O–H groups in total. The fourth-order valence-electron chi connectivity index (χ4n) is 1.54. The van der Waals surface area contributed by atoms with E-state index in [4.69, 9.17) is 23.2 Å². The highest BCUT2D eigenvalue weighted by Crippen LogP contribution is 2.29. The third-order valence-electron chi connectivity index (χ3n) is 2.46. The van der Waals surface area contributed by atoms with Crippen LogP contribution in [0.25, 0.3) is 0 Å². The topological polar surface area (TPSA) is 24.9 Å². The first-order chi connectivity index (χ1) is 9.25. The highest BCUT2D eigenvalue weighted by Gasteiger charge is 2.01. The number of thioether (sulfide) groups is 1. The molecule has 0 radical (unpaired) electrons. The van der Waals surface area contributed by atoms with Crippen molar-refractivity contribution in [2.75, 3.05) is 12.3 Å². The summed E-state index contributed by atoms with van der Waals surface area (Å²) >= 11 is 13.7. The Bertz CT molecular complexity index is 520. The first-order valence-corrected chi connectivity index (χ1v) is 7.68. The first kappa shape index (κ1) is 14.7. The fraction of sp³-hybridized carbons (Fsp3) is 0.214. The van der Waals surface area contributed by atoms with Gasteiger partial charge in [-0.25, -0.2) is 0 Å². The van der Waals surface area contributed by atoms with Crippen molar-refractivity contribution in [3.63, 3.8) is 0 Å². The van der Waals surface area contributed by atoms with Crippen LogP contribution in [0.2, 0.25) is 10.0 Å². The summed E-state index contributed by atoms with van der Waals surface area (Å²) in [6.07, 6.45) is 1.80. The van der Waals surface area contributed by atoms with Crippen LogP contribution in [0, 0.1) is 0 Å². The molecule has 0 atom stereocenters. The van der Waals surface area contributed by atoms with Crippen LogP contribution in [0.5, 0.6) is 0 Å². The molecule has 1 heterocycles. The number of rotatable bonds is 6. The van der Waals surface area contributed by atoms with Crippen molar-refractivity contribution in [1.82, 2.24) is 10.3 Å². The van der Waals surface area contributed by atoms with Gasteiger partial charge in [-0.2, -0.15) is 0 Å². The van der Waals surface area contributed by atoms with Gasteiger partial charge in [0.25, 0.3) is 0 Å². The number of benzene rings is 1. The Balaban J connectivity index is 1.71. The predicted molar refractivity (Wildman–Crippen MR) is 83.1 cm³/mol. The monoisotopic (exact) mass is 312 g/mol. The molecule has 0 aliphatic rings. The highest BCUT2D eigenvalue weighted by molar-refractivity contribution is 7.99. The lowest BCUT2D eigenvalue weighted by molar-refractivity contribution is 0.715. The van der Waals surface area contributed by atoms with Gasteiger partial charge in [0.1, 0.15) is 0 Å². The second kappa shape index (κ2) is 7.75. The minimum absolute atomic E-state index is 0.716. The SMILES string of the molecule is Clc1ccc(Cl)c(SCCNCc2ccccn2)c1. The maximum atomic E-state index is 6.10. The molecule has 0 unspecified atom stereocenters. The lowest BCUT2D eigenvalue weighted by Gasteiger charge is -2.06. The second-order valence-electron chi connectivity index (χ2n) is 3.92. The zero-order chi connectivity index (χ0) is 13.5. The van der Waals surface area contributed by atoms with Gasteiger partial charge in [0, 0.05) is 35.0 Å². The molecule has 0 fully saturated rings. The van der Waals surface area contributed by atoms with E-state index in [1.807, 2.05) is 30.3 Å². The van der Waals surface area contributed by atoms with Crippen molar-refractivity contribution in [2.45, 2.75) is 11.4 Å². The summed E-state index contributed by atoms with van der Waals surface area (Å²) in [5.41, 5.74) is 1.05. The van der Waals surface area contributed by atoms with Crippen LogP contribution >= 0.6 is 35.0 Å². The van der Waals surface area contributed by atoms with Crippen LogP contribution in [-0.2, 0) is 6.54 Å². The van der Waals surface area contributed by atoms with Gasteiger partial charge in [0.15, 0.2) is 0 Å². The normalized spacial score (nSPS) is 10.6. The first-order valence-electron chi connectivity index (χ1n) is 5.94. The van der Waals surface area contributed by atoms with E-state index >= 15 is 0 Å². The Kier molecular flexibility index (Phi) is 5.98. The van der Waals surface area contributed by atoms with Crippen LogP contribution in [-0.4, -0.2) is 17.3 Å². The van der Waals surface area contributed by atoms with Crippen LogP contribution in [0.15, 0.2) is 47.5 Å². The molecule has 2 aromatic rings. The third-order valence-corrected chi connectivity index (χ3v) is 4.20. The van der Waals surface area contributed by atoms with E-state index in [-0.39, 0.29) is 0 Å². The van der Waals surface area contributed by atoms with E-state index in [2.05, 4.69) is 10.3 Å². The summed E-state index contributed by atoms with van der Waals surface area (Å²) in [6, 6.07) is 11.4. The summed E-state index contributed by atoms with van der Waals surface area (Å²) in [6.45, 7) is 1.68. The molecule has 0 aliphatic heterocycles. The molecule has 5 heteroatoms. The number of pyridine rings is 1. The van der Waals surface area contributed by atoms with Crippen molar-refractivity contribution < 1.29 is 0 Å². The average Bonchev–Trinajstić information content (AvgIpc) is 2.43. The van der Waals surface area contributed by atoms with Gasteiger partial charge in [-0.3, -0.25) is 4.98 Å². The van der Waals surface area contributed by atoms with Gasteiger partial charge in [-0.1, -0.05) is 29.3 Å². The van der Waals surface area contributed by atoms with E-state index in [1.54, 1.807) is 24.0 Å². The highest BCUT2D eigenvalue weighted by atomic mass is 35.5. The lowest BCUT2D eigenvalue weighted by Crippen LogP contribution is -2.17. The largest absolute Gasteiger partial charge is 0.310 e. The minimum atomic E-state index is 0.716. The van der Waals surface area contributed by atoms with E-state index in [9.17, 15) is 0 Å². The van der Waals surface area contributed by atoms with Crippen molar-refractivity contribution >= 4 is 35.0 Å². The molecule has 0 spiro atoms. The maximum Gasteiger partial charge on any atom is 0.0542 e. The van der Waals surface area contributed by atoms with E-state index in [0.717, 1.165) is 34.5 Å². The predicted octanol–water partition coefficient (Wildman–Crippen LogP) is 4.27. The smallest absolute Gasteiger partial charge is 0.0542 e.